The Balaban J connectivity index is 1.77. The van der Waals surface area contributed by atoms with Gasteiger partial charge in [0.25, 0.3) is 0 Å². The van der Waals surface area contributed by atoms with Gasteiger partial charge in [0.15, 0.2) is 5.65 Å². The van der Waals surface area contributed by atoms with Crippen LogP contribution >= 0.6 is 0 Å². The van der Waals surface area contributed by atoms with E-state index in [9.17, 15) is 13.9 Å². The summed E-state index contributed by atoms with van der Waals surface area (Å²) in [6.45, 7) is 0.373. The number of nitrogens with one attached hydrogen (secondary N) is 1. The number of rotatable bonds is 6. The van der Waals surface area contributed by atoms with Crippen molar-refractivity contribution in [3.8, 4) is 6.07 Å². The molecule has 9 heteroatoms. The molecule has 7 nitrogen and oxygen atoms in total. The number of halogens is 2. The Hall–Kier alpha value is -3.12. The van der Waals surface area contributed by atoms with Crippen LogP contribution in [0.25, 0.3) is 11.0 Å². The Morgan fingerprint density at radius 3 is 2.92 bits per heavy atom. The van der Waals surface area contributed by atoms with Crippen molar-refractivity contribution in [1.82, 2.24) is 19.7 Å². The van der Waals surface area contributed by atoms with Gasteiger partial charge in [-0.25, -0.2) is 23.4 Å². The fourth-order valence-electron chi connectivity index (χ4n) is 2.43. The number of nitrogens with zero attached hydrogens (tertiary/aromatic N) is 5. The van der Waals surface area contributed by atoms with E-state index >= 15 is 0 Å². The number of nitriles is 1. The van der Waals surface area contributed by atoms with E-state index in [-0.39, 0.29) is 12.1 Å². The van der Waals surface area contributed by atoms with Gasteiger partial charge in [-0.2, -0.15) is 10.4 Å². The average Bonchev–Trinajstić information content (AvgIpc) is 3.01. The average molecular weight is 344 g/mol. The van der Waals surface area contributed by atoms with Crippen LogP contribution in [-0.2, 0) is 6.54 Å². The molecule has 0 amide bonds. The van der Waals surface area contributed by atoms with Gasteiger partial charge in [-0.15, -0.1) is 0 Å². The zero-order valence-electron chi connectivity index (χ0n) is 13.0. The predicted molar refractivity (Wildman–Crippen MR) is 85.4 cm³/mol. The normalized spacial score (nSPS) is 12.1. The van der Waals surface area contributed by atoms with Crippen LogP contribution in [0, 0.1) is 23.0 Å². The molecule has 3 rings (SSSR count). The van der Waals surface area contributed by atoms with Gasteiger partial charge in [0.1, 0.15) is 23.8 Å². The molecular weight excluding hydrogens is 330 g/mol. The monoisotopic (exact) mass is 344 g/mol. The third-order valence-corrected chi connectivity index (χ3v) is 3.65. The molecule has 0 aliphatic heterocycles. The van der Waals surface area contributed by atoms with E-state index in [1.54, 1.807) is 10.9 Å². The number of fused-ring (bicyclic) bond motifs is 1. The molecular formula is C16H14F2N6O. The first-order chi connectivity index (χ1) is 12.1. The molecule has 0 bridgehead atoms. The molecule has 2 heterocycles. The fraction of sp³-hybridized carbons (Fsp3) is 0.250. The van der Waals surface area contributed by atoms with E-state index in [4.69, 9.17) is 5.26 Å². The van der Waals surface area contributed by atoms with E-state index in [0.717, 1.165) is 12.1 Å². The number of aromatic nitrogens is 4. The fourth-order valence-corrected chi connectivity index (χ4v) is 2.43. The van der Waals surface area contributed by atoms with Crippen molar-refractivity contribution < 1.29 is 13.9 Å². The van der Waals surface area contributed by atoms with Crippen molar-refractivity contribution >= 4 is 16.9 Å². The highest BCUT2D eigenvalue weighted by Crippen LogP contribution is 2.22. The summed E-state index contributed by atoms with van der Waals surface area (Å²) in [4.78, 5) is 8.24. The van der Waals surface area contributed by atoms with E-state index in [1.165, 1.54) is 12.4 Å². The van der Waals surface area contributed by atoms with Gasteiger partial charge < -0.3 is 10.4 Å². The minimum atomic E-state index is -1.18. The van der Waals surface area contributed by atoms with Gasteiger partial charge in [-0.1, -0.05) is 6.07 Å². The second-order valence-corrected chi connectivity index (χ2v) is 5.30. The maximum Gasteiger partial charge on any atom is 0.163 e. The molecule has 3 aromatic rings. The van der Waals surface area contributed by atoms with Crippen molar-refractivity contribution in [2.45, 2.75) is 19.1 Å². The molecule has 1 unspecified atom stereocenters. The molecule has 25 heavy (non-hydrogen) atoms. The largest absolute Gasteiger partial charge is 0.386 e. The van der Waals surface area contributed by atoms with Crippen LogP contribution in [0.5, 0.6) is 0 Å². The lowest BCUT2D eigenvalue weighted by Crippen LogP contribution is -2.14. The van der Waals surface area contributed by atoms with Crippen molar-refractivity contribution in [1.29, 1.82) is 5.26 Å². The van der Waals surface area contributed by atoms with Gasteiger partial charge in [-0.05, 0) is 6.07 Å². The third-order valence-electron chi connectivity index (χ3n) is 3.65. The van der Waals surface area contributed by atoms with Crippen LogP contribution in [0.15, 0.2) is 30.7 Å². The van der Waals surface area contributed by atoms with Crippen LogP contribution < -0.4 is 5.32 Å². The highest BCUT2D eigenvalue weighted by Gasteiger charge is 2.15. The summed E-state index contributed by atoms with van der Waals surface area (Å²) in [5.41, 5.74) is 0.541. The molecule has 2 aromatic heterocycles. The lowest BCUT2D eigenvalue weighted by Gasteiger charge is -2.13. The molecule has 0 saturated heterocycles. The minimum Gasteiger partial charge on any atom is -0.386 e. The van der Waals surface area contributed by atoms with Crippen molar-refractivity contribution in [3.63, 3.8) is 0 Å². The number of hydrogen-bond donors (Lipinski definition) is 2. The first-order valence-corrected chi connectivity index (χ1v) is 7.50. The van der Waals surface area contributed by atoms with E-state index in [1.807, 2.05) is 6.07 Å². The SMILES string of the molecule is N#CCCn1ncc2c(NCC(O)c3ccc(F)cc3F)ncnc21. The number of benzene rings is 1. The number of aliphatic hydroxyl groups is 1. The molecule has 0 saturated carbocycles. The zero-order chi connectivity index (χ0) is 17.8. The summed E-state index contributed by atoms with van der Waals surface area (Å²) >= 11 is 0. The van der Waals surface area contributed by atoms with Gasteiger partial charge in [0.05, 0.1) is 36.7 Å². The number of aliphatic hydroxyl groups excluding tert-OH is 1. The summed E-state index contributed by atoms with van der Waals surface area (Å²) in [7, 11) is 0. The van der Waals surface area contributed by atoms with Gasteiger partial charge >= 0.3 is 0 Å². The number of aryl methyl sites for hydroxylation is 1. The lowest BCUT2D eigenvalue weighted by atomic mass is 10.1. The molecule has 2 N–H and O–H groups in total. The Bertz CT molecular complexity index is 936. The second kappa shape index (κ2) is 7.19. The lowest BCUT2D eigenvalue weighted by molar-refractivity contribution is 0.186. The van der Waals surface area contributed by atoms with E-state index in [2.05, 4.69) is 20.4 Å². The maximum atomic E-state index is 13.7. The Morgan fingerprint density at radius 1 is 1.32 bits per heavy atom. The summed E-state index contributed by atoms with van der Waals surface area (Å²) in [6, 6.07) is 5.05. The van der Waals surface area contributed by atoms with Crippen LogP contribution in [0.3, 0.4) is 0 Å². The molecule has 128 valence electrons. The molecule has 1 aromatic carbocycles. The first-order valence-electron chi connectivity index (χ1n) is 7.50. The first kappa shape index (κ1) is 16.7. The van der Waals surface area contributed by atoms with Gasteiger partial charge in [-0.3, -0.25) is 0 Å². The third kappa shape index (κ3) is 3.54. The number of hydrogen-bond acceptors (Lipinski definition) is 6. The second-order valence-electron chi connectivity index (χ2n) is 5.30. The molecule has 0 aliphatic carbocycles. The summed E-state index contributed by atoms with van der Waals surface area (Å²) < 4.78 is 28.2. The summed E-state index contributed by atoms with van der Waals surface area (Å²) in [5.74, 6) is -1.09. The van der Waals surface area contributed by atoms with Crippen molar-refractivity contribution in [2.24, 2.45) is 0 Å². The quantitative estimate of drug-likeness (QED) is 0.711. The summed E-state index contributed by atoms with van der Waals surface area (Å²) in [5, 5.41) is 26.5. The summed E-state index contributed by atoms with van der Waals surface area (Å²) in [6.07, 6.45) is 2.01. The minimum absolute atomic E-state index is 0.0103. The smallest absolute Gasteiger partial charge is 0.163 e. The topological polar surface area (TPSA) is 99.7 Å². The Kier molecular flexibility index (Phi) is 4.81. The molecule has 0 fully saturated rings. The predicted octanol–water partition coefficient (Wildman–Crippen LogP) is 2.16. The highest BCUT2D eigenvalue weighted by atomic mass is 19.1. The van der Waals surface area contributed by atoms with Crippen molar-refractivity contribution in [3.05, 3.63) is 47.9 Å². The number of anilines is 1. The van der Waals surface area contributed by atoms with Crippen LogP contribution in [0.2, 0.25) is 0 Å². The van der Waals surface area contributed by atoms with Gasteiger partial charge in [0.2, 0.25) is 0 Å². The van der Waals surface area contributed by atoms with Gasteiger partial charge in [0, 0.05) is 18.2 Å². The molecule has 0 spiro atoms. The Morgan fingerprint density at radius 2 is 2.16 bits per heavy atom. The Labute approximate surface area is 141 Å². The molecule has 0 aliphatic rings. The van der Waals surface area contributed by atoms with E-state index in [0.29, 0.717) is 29.8 Å². The molecule has 0 radical (unpaired) electrons. The van der Waals surface area contributed by atoms with Crippen LogP contribution in [-0.4, -0.2) is 31.4 Å². The highest BCUT2D eigenvalue weighted by molar-refractivity contribution is 5.86. The standard InChI is InChI=1S/C16H14F2N6O/c17-10-2-3-11(13(18)6-10)14(25)8-20-15-12-7-23-24(5-1-4-19)16(12)22-9-21-15/h2-3,6-7,9,14,25H,1,5,8H2,(H,20,21,22). The van der Waals surface area contributed by atoms with Crippen LogP contribution in [0.1, 0.15) is 18.1 Å². The zero-order valence-corrected chi connectivity index (χ0v) is 13.0. The van der Waals surface area contributed by atoms with Crippen LogP contribution in [0.4, 0.5) is 14.6 Å². The molecule has 1 atom stereocenters. The maximum absolute atomic E-state index is 13.7. The van der Waals surface area contributed by atoms with E-state index < -0.39 is 17.7 Å². The van der Waals surface area contributed by atoms with Crippen molar-refractivity contribution in [2.75, 3.05) is 11.9 Å².